The molecular weight excluding hydrogens is 284 g/mol. The molecule has 5 heteroatoms. The van der Waals surface area contributed by atoms with Gasteiger partial charge in [0.1, 0.15) is 0 Å². The highest BCUT2D eigenvalue weighted by Gasteiger charge is 2.16. The van der Waals surface area contributed by atoms with E-state index in [1.807, 2.05) is 13.0 Å². The van der Waals surface area contributed by atoms with Crippen LogP contribution in [-0.4, -0.2) is 4.92 Å². The molecule has 1 heterocycles. The number of thiophene rings is 1. The molecule has 0 aliphatic rings. The zero-order valence-corrected chi connectivity index (χ0v) is 13.5. The van der Waals surface area contributed by atoms with E-state index in [1.165, 1.54) is 21.4 Å². The lowest BCUT2D eigenvalue weighted by atomic mass is 10.0. The molecule has 2 rings (SSSR count). The fourth-order valence-corrected chi connectivity index (χ4v) is 3.57. The number of rotatable bonds is 5. The number of nitrogens with one attached hydrogen (secondary N) is 1. The van der Waals surface area contributed by atoms with Crippen molar-refractivity contribution in [3.63, 3.8) is 0 Å². The van der Waals surface area contributed by atoms with Crippen LogP contribution in [0.4, 0.5) is 5.69 Å². The Morgan fingerprint density at radius 2 is 1.90 bits per heavy atom. The predicted molar refractivity (Wildman–Crippen MR) is 86.9 cm³/mol. The summed E-state index contributed by atoms with van der Waals surface area (Å²) in [6.45, 7) is 8.40. The fourth-order valence-electron chi connectivity index (χ4n) is 2.55. The number of hydrogen-bond donors (Lipinski definition) is 1. The summed E-state index contributed by atoms with van der Waals surface area (Å²) in [7, 11) is 0. The third-order valence-electron chi connectivity index (χ3n) is 3.63. The van der Waals surface area contributed by atoms with Gasteiger partial charge in [0, 0.05) is 34.0 Å². The Balaban J connectivity index is 2.14. The Kier molecular flexibility index (Phi) is 4.75. The SMILES string of the molecule is Cc1cc(C(C)NC(C)c2cccc([N+](=O)[O-])c2)c(C)s1. The third-order valence-corrected chi connectivity index (χ3v) is 4.61. The molecule has 1 N–H and O–H groups in total. The van der Waals surface area contributed by atoms with E-state index >= 15 is 0 Å². The van der Waals surface area contributed by atoms with Crippen molar-refractivity contribution in [1.82, 2.24) is 5.32 Å². The van der Waals surface area contributed by atoms with Crippen molar-refractivity contribution < 1.29 is 4.92 Å². The Morgan fingerprint density at radius 1 is 1.19 bits per heavy atom. The molecule has 4 nitrogen and oxygen atoms in total. The van der Waals surface area contributed by atoms with Crippen molar-refractivity contribution in [2.75, 3.05) is 0 Å². The van der Waals surface area contributed by atoms with Crippen LogP contribution in [-0.2, 0) is 0 Å². The number of nitro benzene ring substituents is 1. The van der Waals surface area contributed by atoms with Gasteiger partial charge < -0.3 is 5.32 Å². The first-order valence-corrected chi connectivity index (χ1v) is 7.77. The number of nitro groups is 1. The molecule has 2 aromatic rings. The number of nitrogens with zero attached hydrogens (tertiary/aromatic N) is 1. The summed E-state index contributed by atoms with van der Waals surface area (Å²) in [6, 6.07) is 9.28. The average Bonchev–Trinajstić information content (AvgIpc) is 2.77. The summed E-state index contributed by atoms with van der Waals surface area (Å²) < 4.78 is 0. The second-order valence-corrected chi connectivity index (χ2v) is 6.79. The van der Waals surface area contributed by atoms with Gasteiger partial charge in [-0.15, -0.1) is 11.3 Å². The highest BCUT2D eigenvalue weighted by Crippen LogP contribution is 2.28. The van der Waals surface area contributed by atoms with E-state index < -0.39 is 0 Å². The molecular formula is C16H20N2O2S. The summed E-state index contributed by atoms with van der Waals surface area (Å²) in [5.74, 6) is 0. The predicted octanol–water partition coefficient (Wildman–Crippen LogP) is 4.68. The minimum absolute atomic E-state index is 0.0551. The van der Waals surface area contributed by atoms with Crippen molar-refractivity contribution in [2.45, 2.75) is 39.8 Å². The lowest BCUT2D eigenvalue weighted by Gasteiger charge is -2.20. The molecule has 1 aromatic carbocycles. The lowest BCUT2D eigenvalue weighted by molar-refractivity contribution is -0.384. The zero-order chi connectivity index (χ0) is 15.6. The molecule has 21 heavy (non-hydrogen) atoms. The van der Waals surface area contributed by atoms with Crippen molar-refractivity contribution >= 4 is 17.0 Å². The molecule has 112 valence electrons. The van der Waals surface area contributed by atoms with E-state index in [4.69, 9.17) is 0 Å². The summed E-state index contributed by atoms with van der Waals surface area (Å²) in [6.07, 6.45) is 0. The molecule has 0 bridgehead atoms. The van der Waals surface area contributed by atoms with Crippen molar-refractivity contribution in [2.24, 2.45) is 0 Å². The van der Waals surface area contributed by atoms with Gasteiger partial charge in [-0.1, -0.05) is 12.1 Å². The maximum atomic E-state index is 10.9. The Hall–Kier alpha value is -1.72. The molecule has 2 atom stereocenters. The van der Waals surface area contributed by atoms with Gasteiger partial charge in [-0.25, -0.2) is 0 Å². The van der Waals surface area contributed by atoms with Gasteiger partial charge in [0.2, 0.25) is 0 Å². The first-order valence-electron chi connectivity index (χ1n) is 6.96. The van der Waals surface area contributed by atoms with Gasteiger partial charge in [0.15, 0.2) is 0 Å². The first kappa shape index (κ1) is 15.7. The van der Waals surface area contributed by atoms with E-state index in [0.29, 0.717) is 0 Å². The van der Waals surface area contributed by atoms with E-state index in [9.17, 15) is 10.1 Å². The van der Waals surface area contributed by atoms with Gasteiger partial charge in [-0.3, -0.25) is 10.1 Å². The van der Waals surface area contributed by atoms with Crippen molar-refractivity contribution in [3.05, 3.63) is 61.3 Å². The number of hydrogen-bond acceptors (Lipinski definition) is 4. The smallest absolute Gasteiger partial charge is 0.269 e. The lowest BCUT2D eigenvalue weighted by Crippen LogP contribution is -2.22. The van der Waals surface area contributed by atoms with Crippen LogP contribution in [0.25, 0.3) is 0 Å². The van der Waals surface area contributed by atoms with Gasteiger partial charge in [-0.05, 0) is 44.9 Å². The van der Waals surface area contributed by atoms with Crippen LogP contribution in [0.2, 0.25) is 0 Å². The normalized spacial score (nSPS) is 13.9. The molecule has 0 radical (unpaired) electrons. The minimum atomic E-state index is -0.355. The summed E-state index contributed by atoms with van der Waals surface area (Å²) in [5.41, 5.74) is 2.37. The molecule has 2 unspecified atom stereocenters. The van der Waals surface area contributed by atoms with Crippen molar-refractivity contribution in [1.29, 1.82) is 0 Å². The van der Waals surface area contributed by atoms with E-state index in [2.05, 4.69) is 32.2 Å². The highest BCUT2D eigenvalue weighted by molar-refractivity contribution is 7.12. The van der Waals surface area contributed by atoms with E-state index in [0.717, 1.165) is 5.56 Å². The zero-order valence-electron chi connectivity index (χ0n) is 12.7. The summed E-state index contributed by atoms with van der Waals surface area (Å²) in [4.78, 5) is 13.1. The molecule has 0 saturated carbocycles. The third kappa shape index (κ3) is 3.68. The second kappa shape index (κ2) is 6.37. The van der Waals surface area contributed by atoms with E-state index in [-0.39, 0.29) is 22.7 Å². The summed E-state index contributed by atoms with van der Waals surface area (Å²) in [5, 5.41) is 14.4. The number of benzene rings is 1. The second-order valence-electron chi connectivity index (χ2n) is 5.33. The standard InChI is InChI=1S/C16H20N2O2S/c1-10-8-16(13(4)21-10)12(3)17-11(2)14-6-5-7-15(9-14)18(19)20/h5-9,11-12,17H,1-4H3. The van der Waals surface area contributed by atoms with Gasteiger partial charge in [-0.2, -0.15) is 0 Å². The van der Waals surface area contributed by atoms with Crippen LogP contribution in [0.1, 0.15) is 46.8 Å². The summed E-state index contributed by atoms with van der Waals surface area (Å²) >= 11 is 1.80. The van der Waals surface area contributed by atoms with E-state index in [1.54, 1.807) is 23.5 Å². The molecule has 0 saturated heterocycles. The van der Waals surface area contributed by atoms with Crippen LogP contribution >= 0.6 is 11.3 Å². The topological polar surface area (TPSA) is 55.2 Å². The number of non-ortho nitro benzene ring substituents is 1. The van der Waals surface area contributed by atoms with Crippen LogP contribution in [0.3, 0.4) is 0 Å². The Labute approximate surface area is 129 Å². The van der Waals surface area contributed by atoms with Crippen molar-refractivity contribution in [3.8, 4) is 0 Å². The molecule has 0 aliphatic heterocycles. The molecule has 0 spiro atoms. The van der Waals surface area contributed by atoms with Gasteiger partial charge in [0.05, 0.1) is 4.92 Å². The Morgan fingerprint density at radius 3 is 2.48 bits per heavy atom. The molecule has 0 fully saturated rings. The molecule has 0 amide bonds. The van der Waals surface area contributed by atoms with Crippen LogP contribution in [0.15, 0.2) is 30.3 Å². The Bertz CT molecular complexity index is 651. The van der Waals surface area contributed by atoms with Gasteiger partial charge >= 0.3 is 0 Å². The maximum absolute atomic E-state index is 10.9. The fraction of sp³-hybridized carbons (Fsp3) is 0.375. The average molecular weight is 304 g/mol. The monoisotopic (exact) mass is 304 g/mol. The number of aryl methyl sites for hydroxylation is 2. The first-order chi connectivity index (χ1) is 9.88. The molecule has 1 aromatic heterocycles. The van der Waals surface area contributed by atoms with Crippen LogP contribution < -0.4 is 5.32 Å². The highest BCUT2D eigenvalue weighted by atomic mass is 32.1. The largest absolute Gasteiger partial charge is 0.304 e. The van der Waals surface area contributed by atoms with Gasteiger partial charge in [0.25, 0.3) is 5.69 Å². The quantitative estimate of drug-likeness (QED) is 0.644. The molecule has 0 aliphatic carbocycles. The maximum Gasteiger partial charge on any atom is 0.269 e. The minimum Gasteiger partial charge on any atom is -0.304 e. The van der Waals surface area contributed by atoms with Crippen LogP contribution in [0, 0.1) is 24.0 Å². The van der Waals surface area contributed by atoms with Crippen LogP contribution in [0.5, 0.6) is 0 Å².